The van der Waals surface area contributed by atoms with Gasteiger partial charge in [0.1, 0.15) is 12.4 Å². The summed E-state index contributed by atoms with van der Waals surface area (Å²) in [6, 6.07) is 13.2. The summed E-state index contributed by atoms with van der Waals surface area (Å²) in [5, 5.41) is 0.574. The van der Waals surface area contributed by atoms with Crippen molar-refractivity contribution in [2.75, 3.05) is 31.3 Å². The molecule has 1 aliphatic rings. The zero-order valence-electron chi connectivity index (χ0n) is 16.7. The van der Waals surface area contributed by atoms with Gasteiger partial charge in [0.15, 0.2) is 6.61 Å². The summed E-state index contributed by atoms with van der Waals surface area (Å²) in [5.41, 5.74) is 0.954. The van der Waals surface area contributed by atoms with Gasteiger partial charge < -0.3 is 14.4 Å². The molecule has 1 saturated heterocycles. The number of hydrogen-bond donors (Lipinski definition) is 0. The number of esters is 1. The van der Waals surface area contributed by atoms with E-state index in [2.05, 4.69) is 0 Å². The van der Waals surface area contributed by atoms with Crippen molar-refractivity contribution in [3.63, 3.8) is 0 Å². The van der Waals surface area contributed by atoms with Crippen LogP contribution in [-0.2, 0) is 14.3 Å². The van der Waals surface area contributed by atoms with Gasteiger partial charge in [0, 0.05) is 23.7 Å². The maximum absolute atomic E-state index is 12.9. The number of anilines is 1. The Kier molecular flexibility index (Phi) is 7.30. The lowest BCUT2D eigenvalue weighted by Crippen LogP contribution is -2.44. The van der Waals surface area contributed by atoms with Gasteiger partial charge in [0.25, 0.3) is 5.91 Å². The average molecular weight is 431 g/mol. The molecule has 2 aromatic rings. The number of benzene rings is 2. The highest BCUT2D eigenvalue weighted by molar-refractivity contribution is 6.30. The van der Waals surface area contributed by atoms with Gasteiger partial charge in [0.2, 0.25) is 5.91 Å². The van der Waals surface area contributed by atoms with Gasteiger partial charge in [-0.2, -0.15) is 0 Å². The number of rotatable bonds is 8. The van der Waals surface area contributed by atoms with E-state index in [0.29, 0.717) is 35.0 Å². The highest BCUT2D eigenvalue weighted by atomic mass is 35.5. The van der Waals surface area contributed by atoms with Crippen molar-refractivity contribution in [2.24, 2.45) is 0 Å². The van der Waals surface area contributed by atoms with Crippen molar-refractivity contribution < 1.29 is 23.9 Å². The highest BCUT2D eigenvalue weighted by Gasteiger charge is 2.26. The third kappa shape index (κ3) is 5.51. The van der Waals surface area contributed by atoms with Crippen molar-refractivity contribution in [2.45, 2.75) is 19.8 Å². The van der Waals surface area contributed by atoms with Crippen LogP contribution in [0.3, 0.4) is 0 Å². The van der Waals surface area contributed by atoms with Crippen LogP contribution in [-0.4, -0.2) is 49.1 Å². The highest BCUT2D eigenvalue weighted by Crippen LogP contribution is 2.20. The van der Waals surface area contributed by atoms with E-state index in [1.165, 1.54) is 4.90 Å². The molecule has 30 heavy (non-hydrogen) atoms. The minimum absolute atomic E-state index is 0.00885. The standard InChI is InChI=1S/C22H23ClN2O5/c1-2-29-22(28)16-5-9-18(10-6-16)25(15-24-13-3-4-20(24)26)21(27)14-30-19-11-7-17(23)8-12-19/h5-12H,2-4,13-15H2,1H3. The van der Waals surface area contributed by atoms with Gasteiger partial charge in [-0.05, 0) is 61.9 Å². The molecule has 0 spiro atoms. The zero-order valence-corrected chi connectivity index (χ0v) is 17.4. The molecular formula is C22H23ClN2O5. The Hall–Kier alpha value is -3.06. The van der Waals surface area contributed by atoms with Crippen molar-refractivity contribution in [3.8, 4) is 5.75 Å². The van der Waals surface area contributed by atoms with Crippen LogP contribution < -0.4 is 9.64 Å². The van der Waals surface area contributed by atoms with Gasteiger partial charge in [-0.3, -0.25) is 14.5 Å². The topological polar surface area (TPSA) is 76.2 Å². The maximum Gasteiger partial charge on any atom is 0.338 e. The third-order valence-corrected chi connectivity index (χ3v) is 4.90. The van der Waals surface area contributed by atoms with Gasteiger partial charge in [-0.1, -0.05) is 11.6 Å². The number of hydrogen-bond acceptors (Lipinski definition) is 5. The Morgan fingerprint density at radius 1 is 1.10 bits per heavy atom. The Labute approximate surface area is 180 Å². The molecule has 2 aromatic carbocycles. The van der Waals surface area contributed by atoms with E-state index in [4.69, 9.17) is 21.1 Å². The third-order valence-electron chi connectivity index (χ3n) is 4.65. The van der Waals surface area contributed by atoms with E-state index in [1.807, 2.05) is 0 Å². The lowest BCUT2D eigenvalue weighted by Gasteiger charge is -2.28. The predicted molar refractivity (Wildman–Crippen MR) is 113 cm³/mol. The molecule has 158 valence electrons. The molecule has 1 aliphatic heterocycles. The van der Waals surface area contributed by atoms with Gasteiger partial charge in [-0.15, -0.1) is 0 Å². The van der Waals surface area contributed by atoms with Crippen LogP contribution in [0.5, 0.6) is 5.75 Å². The normalized spacial score (nSPS) is 13.3. The summed E-state index contributed by atoms with van der Waals surface area (Å²) >= 11 is 5.87. The van der Waals surface area contributed by atoms with E-state index in [1.54, 1.807) is 60.4 Å². The molecule has 1 fully saturated rings. The average Bonchev–Trinajstić information content (AvgIpc) is 3.16. The van der Waals surface area contributed by atoms with Crippen LogP contribution >= 0.6 is 11.6 Å². The fraction of sp³-hybridized carbons (Fsp3) is 0.318. The first-order valence-corrected chi connectivity index (χ1v) is 10.1. The molecule has 0 unspecified atom stereocenters. The molecule has 8 heteroatoms. The van der Waals surface area contributed by atoms with Crippen LogP contribution in [0.2, 0.25) is 5.02 Å². The Balaban J connectivity index is 1.75. The molecule has 0 saturated carbocycles. The molecule has 0 aliphatic carbocycles. The molecule has 0 atom stereocenters. The van der Waals surface area contributed by atoms with Gasteiger partial charge in [-0.25, -0.2) is 4.79 Å². The van der Waals surface area contributed by atoms with E-state index in [0.717, 1.165) is 6.42 Å². The first kappa shape index (κ1) is 21.6. The molecule has 2 amide bonds. The summed E-state index contributed by atoms with van der Waals surface area (Å²) in [6.07, 6.45) is 1.25. The van der Waals surface area contributed by atoms with E-state index < -0.39 is 5.97 Å². The van der Waals surface area contributed by atoms with E-state index >= 15 is 0 Å². The molecule has 7 nitrogen and oxygen atoms in total. The van der Waals surface area contributed by atoms with Gasteiger partial charge >= 0.3 is 5.97 Å². The monoisotopic (exact) mass is 430 g/mol. The van der Waals surface area contributed by atoms with Crippen LogP contribution in [0.4, 0.5) is 5.69 Å². The molecule has 0 N–H and O–H groups in total. The van der Waals surface area contributed by atoms with Crippen molar-refractivity contribution in [3.05, 3.63) is 59.1 Å². The lowest BCUT2D eigenvalue weighted by molar-refractivity contribution is -0.128. The first-order chi connectivity index (χ1) is 14.5. The minimum Gasteiger partial charge on any atom is -0.484 e. The summed E-state index contributed by atoms with van der Waals surface area (Å²) in [6.45, 7) is 2.54. The first-order valence-electron chi connectivity index (χ1n) is 9.71. The van der Waals surface area contributed by atoms with E-state index in [-0.39, 0.29) is 31.7 Å². The Morgan fingerprint density at radius 3 is 2.40 bits per heavy atom. The fourth-order valence-electron chi connectivity index (χ4n) is 3.07. The zero-order chi connectivity index (χ0) is 21.5. The number of nitrogens with zero attached hydrogens (tertiary/aromatic N) is 2. The van der Waals surface area contributed by atoms with Crippen molar-refractivity contribution in [1.82, 2.24) is 4.90 Å². The smallest absolute Gasteiger partial charge is 0.338 e. The summed E-state index contributed by atoms with van der Waals surface area (Å²) in [5.74, 6) is -0.214. The predicted octanol–water partition coefficient (Wildman–Crippen LogP) is 3.51. The number of halogens is 1. The molecule has 1 heterocycles. The van der Waals surface area contributed by atoms with Gasteiger partial charge in [0.05, 0.1) is 12.2 Å². The molecule has 0 aromatic heterocycles. The van der Waals surface area contributed by atoms with Crippen molar-refractivity contribution >= 4 is 35.1 Å². The number of carbonyl (C=O) groups excluding carboxylic acids is 3. The quantitative estimate of drug-likeness (QED) is 0.599. The maximum atomic E-state index is 12.9. The van der Waals surface area contributed by atoms with Crippen LogP contribution in [0.25, 0.3) is 0 Å². The second-order valence-corrected chi connectivity index (χ2v) is 7.17. The van der Waals surface area contributed by atoms with E-state index in [9.17, 15) is 14.4 Å². The van der Waals surface area contributed by atoms with Crippen LogP contribution in [0.15, 0.2) is 48.5 Å². The summed E-state index contributed by atoms with van der Waals surface area (Å²) in [4.78, 5) is 40.0. The SMILES string of the molecule is CCOC(=O)c1ccc(N(CN2CCCC2=O)C(=O)COc2ccc(Cl)cc2)cc1. The molecular weight excluding hydrogens is 408 g/mol. The number of likely N-dealkylation sites (tertiary alicyclic amines) is 1. The largest absolute Gasteiger partial charge is 0.484 e. The van der Waals surface area contributed by atoms with Crippen LogP contribution in [0, 0.1) is 0 Å². The lowest BCUT2D eigenvalue weighted by atomic mass is 10.2. The van der Waals surface area contributed by atoms with Crippen molar-refractivity contribution in [1.29, 1.82) is 0 Å². The second kappa shape index (κ2) is 10.1. The number of amides is 2. The molecule has 0 bridgehead atoms. The number of carbonyl (C=O) groups is 3. The Bertz CT molecular complexity index is 899. The second-order valence-electron chi connectivity index (χ2n) is 6.73. The van der Waals surface area contributed by atoms with Crippen LogP contribution in [0.1, 0.15) is 30.1 Å². The molecule has 0 radical (unpaired) electrons. The Morgan fingerprint density at radius 2 is 1.80 bits per heavy atom. The fourth-order valence-corrected chi connectivity index (χ4v) is 3.20. The number of ether oxygens (including phenoxy) is 2. The molecule has 3 rings (SSSR count). The summed E-state index contributed by atoms with van der Waals surface area (Å²) in [7, 11) is 0. The minimum atomic E-state index is -0.428. The summed E-state index contributed by atoms with van der Waals surface area (Å²) < 4.78 is 10.6.